The van der Waals surface area contributed by atoms with E-state index in [4.69, 9.17) is 16.2 Å². The lowest BCUT2D eigenvalue weighted by Gasteiger charge is -2.10. The Hall–Kier alpha value is -2.41. The molecule has 7 heteroatoms. The number of amides is 1. The summed E-state index contributed by atoms with van der Waals surface area (Å²) < 4.78 is 0. The number of aliphatic hydroxyl groups excluding tert-OH is 1. The van der Waals surface area contributed by atoms with Crippen LogP contribution in [0.4, 0.5) is 0 Å². The minimum Gasteiger partial charge on any atom is -0.481 e. The van der Waals surface area contributed by atoms with Crippen molar-refractivity contribution in [3.05, 3.63) is 35.4 Å². The predicted octanol–water partition coefficient (Wildman–Crippen LogP) is 0.593. The van der Waals surface area contributed by atoms with Crippen molar-refractivity contribution < 1.29 is 19.8 Å². The molecule has 1 aromatic rings. The van der Waals surface area contributed by atoms with Crippen LogP contribution in [0.5, 0.6) is 0 Å². The molecular weight excluding hydrogens is 286 g/mol. The van der Waals surface area contributed by atoms with Crippen LogP contribution >= 0.6 is 0 Å². The van der Waals surface area contributed by atoms with Crippen molar-refractivity contribution in [1.29, 1.82) is 5.41 Å². The number of carbonyl (C=O) groups is 2. The lowest BCUT2D eigenvalue weighted by molar-refractivity contribution is -0.140. The fourth-order valence-electron chi connectivity index (χ4n) is 1.94. The number of nitrogens with two attached hydrogens (primary N) is 1. The maximum atomic E-state index is 11.5. The lowest BCUT2D eigenvalue weighted by Crippen LogP contribution is -2.36. The zero-order chi connectivity index (χ0) is 16.5. The third kappa shape index (κ3) is 6.85. The van der Waals surface area contributed by atoms with E-state index < -0.39 is 18.6 Å². The molecule has 1 amide bonds. The Morgan fingerprint density at radius 1 is 1.23 bits per heavy atom. The van der Waals surface area contributed by atoms with E-state index in [9.17, 15) is 14.7 Å². The van der Waals surface area contributed by atoms with Crippen LogP contribution in [0.2, 0.25) is 0 Å². The number of benzene rings is 1. The number of hydrogen-bond donors (Lipinski definition) is 5. The molecule has 6 N–H and O–H groups in total. The van der Waals surface area contributed by atoms with Gasteiger partial charge in [0.1, 0.15) is 12.1 Å². The standard InChI is InChI=1S/C15H21N3O4/c16-15(17)11-7-5-10(6-8-11)3-1-2-4-12(19)18-13(20)9-14(21)22/h5-8,13,20H,1-4,9H2,(H3,16,17)(H,18,19)(H,21,22). The average molecular weight is 307 g/mol. The number of carbonyl (C=O) groups excluding carboxylic acids is 1. The Morgan fingerprint density at radius 3 is 2.41 bits per heavy atom. The van der Waals surface area contributed by atoms with Crippen LogP contribution in [0.25, 0.3) is 0 Å². The molecule has 0 spiro atoms. The number of nitrogens with one attached hydrogen (secondary N) is 2. The molecule has 0 aliphatic carbocycles. The Balaban J connectivity index is 2.23. The van der Waals surface area contributed by atoms with Crippen molar-refractivity contribution in [2.75, 3.05) is 0 Å². The summed E-state index contributed by atoms with van der Waals surface area (Å²) in [6, 6.07) is 7.36. The van der Waals surface area contributed by atoms with Crippen molar-refractivity contribution in [2.24, 2.45) is 5.73 Å². The fourth-order valence-corrected chi connectivity index (χ4v) is 1.94. The first-order valence-corrected chi connectivity index (χ1v) is 7.01. The van der Waals surface area contributed by atoms with Crippen LogP contribution < -0.4 is 11.1 Å². The summed E-state index contributed by atoms with van der Waals surface area (Å²) in [5, 5.41) is 27.2. The van der Waals surface area contributed by atoms with E-state index in [1.54, 1.807) is 12.1 Å². The third-order valence-electron chi connectivity index (χ3n) is 3.08. The molecule has 0 heterocycles. The summed E-state index contributed by atoms with van der Waals surface area (Å²) in [6.45, 7) is 0. The summed E-state index contributed by atoms with van der Waals surface area (Å²) >= 11 is 0. The van der Waals surface area contributed by atoms with Gasteiger partial charge in [-0.15, -0.1) is 0 Å². The van der Waals surface area contributed by atoms with Gasteiger partial charge in [0.15, 0.2) is 0 Å². The molecule has 0 bridgehead atoms. The van der Waals surface area contributed by atoms with Gasteiger partial charge in [-0.3, -0.25) is 15.0 Å². The number of hydrogen-bond acceptors (Lipinski definition) is 4. The number of aliphatic hydroxyl groups is 1. The molecule has 22 heavy (non-hydrogen) atoms. The largest absolute Gasteiger partial charge is 0.481 e. The van der Waals surface area contributed by atoms with E-state index >= 15 is 0 Å². The molecule has 0 fully saturated rings. The van der Waals surface area contributed by atoms with Crippen LogP contribution in [-0.4, -0.2) is 34.2 Å². The van der Waals surface area contributed by atoms with Crippen LogP contribution in [-0.2, 0) is 16.0 Å². The first-order valence-electron chi connectivity index (χ1n) is 7.01. The summed E-state index contributed by atoms with van der Waals surface area (Å²) in [5.41, 5.74) is 7.14. The maximum Gasteiger partial charge on any atom is 0.307 e. The fraction of sp³-hybridized carbons (Fsp3) is 0.400. The first-order chi connectivity index (χ1) is 10.4. The summed E-state index contributed by atoms with van der Waals surface area (Å²) in [4.78, 5) is 21.8. The van der Waals surface area contributed by atoms with Gasteiger partial charge >= 0.3 is 5.97 Å². The summed E-state index contributed by atoms with van der Waals surface area (Å²) in [6.07, 6.45) is 0.616. The predicted molar refractivity (Wildman–Crippen MR) is 81.4 cm³/mol. The Labute approximate surface area is 128 Å². The van der Waals surface area contributed by atoms with Crippen LogP contribution in [0.15, 0.2) is 24.3 Å². The number of nitrogen functional groups attached to an aromatic ring is 1. The summed E-state index contributed by atoms with van der Waals surface area (Å²) in [5.74, 6) is -1.49. The van der Waals surface area contributed by atoms with Crippen molar-refractivity contribution in [1.82, 2.24) is 5.32 Å². The van der Waals surface area contributed by atoms with Gasteiger partial charge in [-0.25, -0.2) is 0 Å². The van der Waals surface area contributed by atoms with Crippen LogP contribution in [0, 0.1) is 5.41 Å². The number of amidine groups is 1. The summed E-state index contributed by atoms with van der Waals surface area (Å²) in [7, 11) is 0. The van der Waals surface area contributed by atoms with Gasteiger partial charge in [-0.05, 0) is 24.8 Å². The van der Waals surface area contributed by atoms with E-state index in [-0.39, 0.29) is 18.2 Å². The topological polar surface area (TPSA) is 136 Å². The Morgan fingerprint density at radius 2 is 1.86 bits per heavy atom. The third-order valence-corrected chi connectivity index (χ3v) is 3.08. The molecule has 0 radical (unpaired) electrons. The molecule has 1 rings (SSSR count). The van der Waals surface area contributed by atoms with Crippen molar-refractivity contribution in [2.45, 2.75) is 38.3 Å². The smallest absolute Gasteiger partial charge is 0.307 e. The minimum atomic E-state index is -1.34. The second-order valence-electron chi connectivity index (χ2n) is 5.00. The van der Waals surface area contributed by atoms with Crippen molar-refractivity contribution >= 4 is 17.7 Å². The molecule has 0 saturated heterocycles. The van der Waals surface area contributed by atoms with Crippen molar-refractivity contribution in [3.8, 4) is 0 Å². The molecule has 0 aromatic heterocycles. The molecule has 1 unspecified atom stereocenters. The van der Waals surface area contributed by atoms with Crippen LogP contribution in [0.3, 0.4) is 0 Å². The number of carboxylic acid groups (broad SMARTS) is 1. The zero-order valence-corrected chi connectivity index (χ0v) is 12.2. The van der Waals surface area contributed by atoms with Gasteiger partial charge in [0.05, 0.1) is 6.42 Å². The number of aryl methyl sites for hydroxylation is 1. The molecule has 1 atom stereocenters. The molecule has 0 aliphatic rings. The van der Waals surface area contributed by atoms with E-state index in [1.807, 2.05) is 12.1 Å². The van der Waals surface area contributed by atoms with Crippen molar-refractivity contribution in [3.63, 3.8) is 0 Å². The number of carboxylic acids is 1. The van der Waals surface area contributed by atoms with E-state index in [1.165, 1.54) is 0 Å². The average Bonchev–Trinajstić information content (AvgIpc) is 2.43. The van der Waals surface area contributed by atoms with E-state index in [0.29, 0.717) is 12.0 Å². The minimum absolute atomic E-state index is 0.0307. The van der Waals surface area contributed by atoms with Gasteiger partial charge < -0.3 is 21.3 Å². The molecule has 1 aromatic carbocycles. The molecular formula is C15H21N3O4. The highest BCUT2D eigenvalue weighted by Gasteiger charge is 2.12. The number of unbranched alkanes of at least 4 members (excludes halogenated alkanes) is 1. The number of aliphatic carboxylic acids is 1. The highest BCUT2D eigenvalue weighted by atomic mass is 16.4. The van der Waals surface area contributed by atoms with Gasteiger partial charge in [-0.1, -0.05) is 24.3 Å². The number of rotatable bonds is 9. The Bertz CT molecular complexity index is 528. The molecule has 7 nitrogen and oxygen atoms in total. The first kappa shape index (κ1) is 17.6. The second kappa shape index (κ2) is 8.78. The SMILES string of the molecule is N=C(N)c1ccc(CCCCC(=O)NC(O)CC(=O)O)cc1. The maximum absolute atomic E-state index is 11.5. The Kier molecular flexibility index (Phi) is 7.04. The van der Waals surface area contributed by atoms with E-state index in [0.717, 1.165) is 18.4 Å². The zero-order valence-electron chi connectivity index (χ0n) is 12.2. The highest BCUT2D eigenvalue weighted by Crippen LogP contribution is 2.09. The quantitative estimate of drug-likeness (QED) is 0.197. The van der Waals surface area contributed by atoms with Gasteiger partial charge in [0.2, 0.25) is 5.91 Å². The highest BCUT2D eigenvalue weighted by molar-refractivity contribution is 5.94. The van der Waals surface area contributed by atoms with Gasteiger partial charge in [0.25, 0.3) is 0 Å². The second-order valence-corrected chi connectivity index (χ2v) is 5.00. The monoisotopic (exact) mass is 307 g/mol. The normalized spacial score (nSPS) is 11.7. The van der Waals surface area contributed by atoms with Crippen LogP contribution in [0.1, 0.15) is 36.8 Å². The molecule has 120 valence electrons. The van der Waals surface area contributed by atoms with E-state index in [2.05, 4.69) is 5.32 Å². The molecule has 0 aliphatic heterocycles. The van der Waals surface area contributed by atoms with Gasteiger partial charge in [0, 0.05) is 12.0 Å². The van der Waals surface area contributed by atoms with Gasteiger partial charge in [-0.2, -0.15) is 0 Å². The molecule has 0 saturated carbocycles. The lowest BCUT2D eigenvalue weighted by atomic mass is 10.0.